The summed E-state index contributed by atoms with van der Waals surface area (Å²) < 4.78 is 6.87. The maximum atomic E-state index is 12.1. The van der Waals surface area contributed by atoms with Crippen LogP contribution in [0.2, 0.25) is 0 Å². The number of anilines is 1. The van der Waals surface area contributed by atoms with Crippen molar-refractivity contribution in [2.45, 2.75) is 6.42 Å². The molecule has 0 aliphatic rings. The van der Waals surface area contributed by atoms with E-state index in [-0.39, 0.29) is 6.03 Å². The summed E-state index contributed by atoms with van der Waals surface area (Å²) in [6.07, 6.45) is 0.572. The van der Waals surface area contributed by atoms with Crippen molar-refractivity contribution in [1.29, 1.82) is 0 Å². The van der Waals surface area contributed by atoms with Crippen LogP contribution in [0.1, 0.15) is 16.1 Å². The van der Waals surface area contributed by atoms with Crippen LogP contribution in [0.3, 0.4) is 0 Å². The fraction of sp³-hybridized carbons (Fsp3) is 0.111. The monoisotopic (exact) mass is 355 g/mol. The minimum atomic E-state index is -0.521. The molecule has 3 aromatic rings. The number of nitrogens with two attached hydrogens (primary N) is 1. The minimum absolute atomic E-state index is 0.369. The van der Waals surface area contributed by atoms with Gasteiger partial charge in [0.25, 0.3) is 0 Å². The molecule has 0 atom stereocenters. The molecule has 0 fully saturated rings. The third-order valence-electron chi connectivity index (χ3n) is 3.71. The summed E-state index contributed by atoms with van der Waals surface area (Å²) in [6, 6.07) is 15.6. The molecule has 0 saturated carbocycles. The lowest BCUT2D eigenvalue weighted by molar-refractivity contribution is 0.100. The lowest BCUT2D eigenvalue weighted by Crippen LogP contribution is -2.35. The van der Waals surface area contributed by atoms with Crippen LogP contribution in [-0.2, 0) is 6.42 Å². The van der Waals surface area contributed by atoms with E-state index in [1.165, 1.54) is 4.31 Å². The molecule has 25 heavy (non-hydrogen) atoms. The summed E-state index contributed by atoms with van der Waals surface area (Å²) in [7, 11) is 0. The van der Waals surface area contributed by atoms with Gasteiger partial charge in [-0.1, -0.05) is 31.0 Å². The van der Waals surface area contributed by atoms with Gasteiger partial charge in [-0.2, -0.15) is 0 Å². The van der Waals surface area contributed by atoms with E-state index in [0.717, 1.165) is 16.7 Å². The summed E-state index contributed by atoms with van der Waals surface area (Å²) in [4.78, 5) is 23.2. The van der Waals surface area contributed by atoms with Crippen LogP contribution in [0.5, 0.6) is 0 Å². The molecule has 1 aromatic heterocycles. The molecule has 0 spiro atoms. The average molecular weight is 355 g/mol. The smallest absolute Gasteiger partial charge is 0.331 e. The van der Waals surface area contributed by atoms with Gasteiger partial charge >= 0.3 is 6.03 Å². The molecule has 128 valence electrons. The molecule has 7 heteroatoms. The van der Waals surface area contributed by atoms with Gasteiger partial charge in [0.15, 0.2) is 0 Å². The number of primary amides is 1. The number of para-hydroxylation sites is 1. The van der Waals surface area contributed by atoms with Crippen LogP contribution < -0.4 is 15.4 Å². The number of rotatable bonds is 5. The van der Waals surface area contributed by atoms with Gasteiger partial charge in [-0.05, 0) is 36.4 Å². The highest BCUT2D eigenvalue weighted by Crippen LogP contribution is 2.19. The number of thiol groups is 1. The van der Waals surface area contributed by atoms with Crippen LogP contribution in [0, 0.1) is 0 Å². The van der Waals surface area contributed by atoms with E-state index >= 15 is 0 Å². The zero-order chi connectivity index (χ0) is 17.8. The van der Waals surface area contributed by atoms with Crippen LogP contribution in [-0.4, -0.2) is 18.5 Å². The Kier molecular flexibility index (Phi) is 4.95. The summed E-state index contributed by atoms with van der Waals surface area (Å²) in [5, 5.41) is 3.81. The number of nitrogens with zero attached hydrogens (tertiary/aromatic N) is 1. The first-order chi connectivity index (χ1) is 12.0. The Labute approximate surface area is 150 Å². The van der Waals surface area contributed by atoms with Gasteiger partial charge in [0.05, 0.1) is 5.69 Å². The number of furan rings is 1. The van der Waals surface area contributed by atoms with E-state index < -0.39 is 5.91 Å². The molecule has 3 rings (SSSR count). The lowest BCUT2D eigenvalue weighted by atomic mass is 10.2. The van der Waals surface area contributed by atoms with E-state index in [9.17, 15) is 9.59 Å². The summed E-state index contributed by atoms with van der Waals surface area (Å²) >= 11 is 4.18. The van der Waals surface area contributed by atoms with E-state index in [2.05, 4.69) is 18.1 Å². The Morgan fingerprint density at radius 2 is 1.84 bits per heavy atom. The van der Waals surface area contributed by atoms with Crippen LogP contribution in [0.15, 0.2) is 59.0 Å². The lowest BCUT2D eigenvalue weighted by Gasteiger charge is -2.16. The van der Waals surface area contributed by atoms with E-state index in [0.29, 0.717) is 24.2 Å². The van der Waals surface area contributed by atoms with Gasteiger partial charge in [0, 0.05) is 23.9 Å². The number of hydrogen-bond donors (Lipinski definition) is 3. The molecule has 0 bridgehead atoms. The van der Waals surface area contributed by atoms with Gasteiger partial charge in [-0.3, -0.25) is 4.79 Å². The largest absolute Gasteiger partial charge is 0.461 e. The number of carbonyl (C=O) groups is 2. The predicted molar refractivity (Wildman–Crippen MR) is 99.7 cm³/mol. The van der Waals surface area contributed by atoms with Crippen molar-refractivity contribution in [3.05, 3.63) is 65.9 Å². The third kappa shape index (κ3) is 3.95. The van der Waals surface area contributed by atoms with Crippen LogP contribution in [0.4, 0.5) is 10.5 Å². The van der Waals surface area contributed by atoms with E-state index in [1.54, 1.807) is 24.3 Å². The Bertz CT molecular complexity index is 872. The van der Waals surface area contributed by atoms with Crippen molar-refractivity contribution in [3.8, 4) is 0 Å². The number of nitrogens with one attached hydrogen (secondary N) is 1. The number of urea groups is 1. The normalized spacial score (nSPS) is 10.6. The summed E-state index contributed by atoms with van der Waals surface area (Å²) in [5.41, 5.74) is 6.92. The number of benzene rings is 2. The fourth-order valence-corrected chi connectivity index (χ4v) is 2.62. The standard InChI is InChI=1S/C18H17N3O3S/c19-17(22)12-5-7-14(8-6-12)21(25)18(23)20-10-9-15-11-13-3-1-2-4-16(13)24-15/h1-8,11,25H,9-10H2,(H2,19,22)(H,20,23). The van der Waals surface area contributed by atoms with Gasteiger partial charge in [-0.15, -0.1) is 0 Å². The summed E-state index contributed by atoms with van der Waals surface area (Å²) in [5.74, 6) is 0.283. The second-order valence-corrected chi connectivity index (χ2v) is 5.86. The van der Waals surface area contributed by atoms with Crippen molar-refractivity contribution in [1.82, 2.24) is 5.32 Å². The molecule has 0 aliphatic heterocycles. The number of carbonyl (C=O) groups excluding carboxylic acids is 2. The predicted octanol–water partition coefficient (Wildman–Crippen LogP) is 3.14. The number of hydrogen-bond acceptors (Lipinski definition) is 4. The van der Waals surface area contributed by atoms with Crippen LogP contribution in [0.25, 0.3) is 11.0 Å². The molecule has 0 saturated heterocycles. The van der Waals surface area contributed by atoms with Gasteiger partial charge in [0.2, 0.25) is 5.91 Å². The minimum Gasteiger partial charge on any atom is -0.461 e. The molecule has 2 aromatic carbocycles. The average Bonchev–Trinajstić information content (AvgIpc) is 3.03. The number of fused-ring (bicyclic) bond motifs is 1. The molecule has 1 heterocycles. The molecule has 3 N–H and O–H groups in total. The summed E-state index contributed by atoms with van der Waals surface area (Å²) in [6.45, 7) is 0.412. The topological polar surface area (TPSA) is 88.6 Å². The second kappa shape index (κ2) is 7.31. The van der Waals surface area contributed by atoms with Gasteiger partial charge < -0.3 is 15.5 Å². The highest BCUT2D eigenvalue weighted by Gasteiger charge is 2.12. The highest BCUT2D eigenvalue weighted by atomic mass is 32.1. The molecule has 3 amide bonds. The van der Waals surface area contributed by atoms with Gasteiger partial charge in [-0.25, -0.2) is 9.10 Å². The maximum Gasteiger partial charge on any atom is 0.331 e. The molecule has 0 aliphatic carbocycles. The number of amides is 3. The molecular weight excluding hydrogens is 338 g/mol. The van der Waals surface area contributed by atoms with Crippen molar-refractivity contribution in [3.63, 3.8) is 0 Å². The highest BCUT2D eigenvalue weighted by molar-refractivity contribution is 7.82. The molecule has 0 radical (unpaired) electrons. The third-order valence-corrected chi connectivity index (χ3v) is 4.13. The SMILES string of the molecule is NC(=O)c1ccc(N(S)C(=O)NCCc2cc3ccccc3o2)cc1. The fourth-order valence-electron chi connectivity index (χ4n) is 2.41. The van der Waals surface area contributed by atoms with Crippen molar-refractivity contribution in [2.24, 2.45) is 5.73 Å². The van der Waals surface area contributed by atoms with E-state index in [1.807, 2.05) is 30.3 Å². The quantitative estimate of drug-likeness (QED) is 0.614. The zero-order valence-corrected chi connectivity index (χ0v) is 14.2. The first-order valence-corrected chi connectivity index (χ1v) is 8.09. The zero-order valence-electron chi connectivity index (χ0n) is 13.3. The molecule has 6 nitrogen and oxygen atoms in total. The van der Waals surface area contributed by atoms with E-state index in [4.69, 9.17) is 10.2 Å². The van der Waals surface area contributed by atoms with Crippen molar-refractivity contribution in [2.75, 3.05) is 10.8 Å². The first-order valence-electron chi connectivity index (χ1n) is 7.69. The second-order valence-electron chi connectivity index (χ2n) is 5.46. The Balaban J connectivity index is 1.55. The first kappa shape index (κ1) is 16.9. The molecular formula is C18H17N3O3S. The Morgan fingerprint density at radius 1 is 1.12 bits per heavy atom. The van der Waals surface area contributed by atoms with Crippen LogP contribution >= 0.6 is 12.8 Å². The van der Waals surface area contributed by atoms with Crippen molar-refractivity contribution < 1.29 is 14.0 Å². The Morgan fingerprint density at radius 3 is 2.52 bits per heavy atom. The van der Waals surface area contributed by atoms with Gasteiger partial charge in [0.1, 0.15) is 11.3 Å². The Hall–Kier alpha value is -2.93. The maximum absolute atomic E-state index is 12.1. The molecule has 0 unspecified atom stereocenters. The van der Waals surface area contributed by atoms with Crippen molar-refractivity contribution >= 4 is 41.4 Å².